The van der Waals surface area contributed by atoms with Crippen molar-refractivity contribution < 1.29 is 13.2 Å². The summed E-state index contributed by atoms with van der Waals surface area (Å²) in [5, 5.41) is 2.78. The molecule has 0 spiro atoms. The number of para-hydroxylation sites is 1. The molecule has 1 atom stereocenters. The molecule has 0 saturated carbocycles. The molecule has 20 heavy (non-hydrogen) atoms. The van der Waals surface area contributed by atoms with Gasteiger partial charge >= 0.3 is 6.03 Å². The third-order valence-electron chi connectivity index (χ3n) is 3.40. The summed E-state index contributed by atoms with van der Waals surface area (Å²) in [6.45, 7) is 2.32. The Kier molecular flexibility index (Phi) is 4.59. The summed E-state index contributed by atoms with van der Waals surface area (Å²) >= 11 is 4.28. The van der Waals surface area contributed by atoms with Gasteiger partial charge in [0.25, 0.3) is 0 Å². The molecule has 1 fully saturated rings. The topological polar surface area (TPSA) is 66.5 Å². The number of rotatable bonds is 3. The van der Waals surface area contributed by atoms with Crippen LogP contribution < -0.4 is 5.32 Å². The number of sulfone groups is 1. The van der Waals surface area contributed by atoms with Gasteiger partial charge in [0, 0.05) is 17.5 Å². The quantitative estimate of drug-likeness (QED) is 0.839. The molecule has 1 N–H and O–H groups in total. The van der Waals surface area contributed by atoms with Gasteiger partial charge in [-0.05, 0) is 25.5 Å². The molecule has 1 aliphatic rings. The fraction of sp³-hybridized carbons (Fsp3) is 0.462. The predicted molar refractivity (Wildman–Crippen MR) is 82.2 cm³/mol. The number of urea groups is 1. The normalized spacial score (nSPS) is 20.6. The van der Waals surface area contributed by atoms with Crippen LogP contribution in [-0.4, -0.2) is 43.4 Å². The Balaban J connectivity index is 2.09. The maximum absolute atomic E-state index is 12.3. The van der Waals surface area contributed by atoms with E-state index in [0.717, 1.165) is 0 Å². The summed E-state index contributed by atoms with van der Waals surface area (Å²) in [5.41, 5.74) is 0.625. The van der Waals surface area contributed by atoms with Gasteiger partial charge in [-0.15, -0.1) is 12.6 Å². The maximum atomic E-state index is 12.3. The lowest BCUT2D eigenvalue weighted by Gasteiger charge is -2.27. The molecule has 1 saturated heterocycles. The van der Waals surface area contributed by atoms with Crippen LogP contribution in [0.2, 0.25) is 0 Å². The minimum absolute atomic E-state index is 0.0524. The molecule has 1 unspecified atom stereocenters. The van der Waals surface area contributed by atoms with Gasteiger partial charge in [-0.3, -0.25) is 0 Å². The van der Waals surface area contributed by atoms with Crippen LogP contribution in [0.3, 0.4) is 0 Å². The van der Waals surface area contributed by atoms with Crippen LogP contribution in [0.4, 0.5) is 10.5 Å². The Hall–Kier alpha value is -1.21. The number of benzene rings is 1. The van der Waals surface area contributed by atoms with E-state index in [-0.39, 0.29) is 23.6 Å². The maximum Gasteiger partial charge on any atom is 0.322 e. The van der Waals surface area contributed by atoms with Gasteiger partial charge in [0.15, 0.2) is 9.84 Å². The lowest BCUT2D eigenvalue weighted by Crippen LogP contribution is -2.43. The zero-order valence-corrected chi connectivity index (χ0v) is 13.0. The minimum atomic E-state index is -3.00. The monoisotopic (exact) mass is 314 g/mol. The Bertz CT molecular complexity index is 601. The third-order valence-corrected chi connectivity index (χ3v) is 5.54. The molecular weight excluding hydrogens is 296 g/mol. The van der Waals surface area contributed by atoms with Gasteiger partial charge in [0.1, 0.15) is 0 Å². The van der Waals surface area contributed by atoms with Crippen LogP contribution in [0.15, 0.2) is 29.2 Å². The number of amides is 2. The second-order valence-electron chi connectivity index (χ2n) is 4.79. The number of hydrogen-bond acceptors (Lipinski definition) is 4. The van der Waals surface area contributed by atoms with Crippen LogP contribution in [0.1, 0.15) is 13.3 Å². The van der Waals surface area contributed by atoms with Crippen molar-refractivity contribution in [2.24, 2.45) is 0 Å². The summed E-state index contributed by atoms with van der Waals surface area (Å²) in [6, 6.07) is 6.67. The summed E-state index contributed by atoms with van der Waals surface area (Å²) in [7, 11) is -3.00. The first-order valence-corrected chi connectivity index (χ1v) is 8.76. The van der Waals surface area contributed by atoms with Crippen LogP contribution in [0.25, 0.3) is 0 Å². The van der Waals surface area contributed by atoms with Crippen LogP contribution in [-0.2, 0) is 9.84 Å². The van der Waals surface area contributed by atoms with E-state index in [4.69, 9.17) is 0 Å². The standard InChI is InChI=1S/C13H18N2O3S2/c1-2-15(10-7-8-20(17,18)9-10)13(16)14-11-5-3-4-6-12(11)19/h3-6,10,19H,2,7-9H2,1H3,(H,14,16). The summed E-state index contributed by atoms with van der Waals surface area (Å²) in [4.78, 5) is 14.5. The number of carbonyl (C=O) groups excluding carboxylic acids is 1. The molecule has 5 nitrogen and oxygen atoms in total. The highest BCUT2D eigenvalue weighted by Gasteiger charge is 2.34. The summed E-state index contributed by atoms with van der Waals surface area (Å²) in [5.74, 6) is 0.210. The van der Waals surface area contributed by atoms with E-state index in [0.29, 0.717) is 23.5 Å². The predicted octanol–water partition coefficient (Wildman–Crippen LogP) is 2.02. The second-order valence-corrected chi connectivity index (χ2v) is 7.50. The highest BCUT2D eigenvalue weighted by atomic mass is 32.2. The molecule has 2 amide bonds. The molecule has 7 heteroatoms. The van der Waals surface area contributed by atoms with Crippen LogP contribution >= 0.6 is 12.6 Å². The first-order chi connectivity index (χ1) is 9.43. The number of thiol groups is 1. The number of anilines is 1. The zero-order chi connectivity index (χ0) is 14.8. The average molecular weight is 314 g/mol. The smallest absolute Gasteiger partial charge is 0.321 e. The van der Waals surface area contributed by atoms with Crippen molar-refractivity contribution in [3.05, 3.63) is 24.3 Å². The first-order valence-electron chi connectivity index (χ1n) is 6.49. The van der Waals surface area contributed by atoms with Gasteiger partial charge in [-0.1, -0.05) is 12.1 Å². The molecule has 0 aromatic heterocycles. The van der Waals surface area contributed by atoms with Crippen molar-refractivity contribution in [1.29, 1.82) is 0 Å². The summed E-state index contributed by atoms with van der Waals surface area (Å²) in [6.07, 6.45) is 0.506. The van der Waals surface area contributed by atoms with E-state index in [1.165, 1.54) is 0 Å². The largest absolute Gasteiger partial charge is 0.322 e. The van der Waals surface area contributed by atoms with Gasteiger partial charge in [0.2, 0.25) is 0 Å². The third kappa shape index (κ3) is 3.46. The molecule has 1 heterocycles. The van der Waals surface area contributed by atoms with Crippen molar-refractivity contribution in [2.45, 2.75) is 24.3 Å². The Morgan fingerprint density at radius 1 is 1.45 bits per heavy atom. The van der Waals surface area contributed by atoms with E-state index in [1.54, 1.807) is 17.0 Å². The number of nitrogens with one attached hydrogen (secondary N) is 1. The van der Waals surface area contributed by atoms with Gasteiger partial charge < -0.3 is 10.2 Å². The molecule has 0 aliphatic carbocycles. The van der Waals surface area contributed by atoms with Crippen molar-refractivity contribution >= 4 is 34.2 Å². The lowest BCUT2D eigenvalue weighted by atomic mass is 10.2. The van der Waals surface area contributed by atoms with Crippen LogP contribution in [0.5, 0.6) is 0 Å². The van der Waals surface area contributed by atoms with E-state index >= 15 is 0 Å². The minimum Gasteiger partial charge on any atom is -0.321 e. The highest BCUT2D eigenvalue weighted by Crippen LogP contribution is 2.22. The average Bonchev–Trinajstić information content (AvgIpc) is 2.73. The fourth-order valence-corrected chi connectivity index (χ4v) is 4.30. The van der Waals surface area contributed by atoms with Crippen molar-refractivity contribution in [3.8, 4) is 0 Å². The number of nitrogens with zero attached hydrogens (tertiary/aromatic N) is 1. The van der Waals surface area contributed by atoms with Gasteiger partial charge in [-0.25, -0.2) is 13.2 Å². The summed E-state index contributed by atoms with van der Waals surface area (Å²) < 4.78 is 23.1. The van der Waals surface area contributed by atoms with Crippen molar-refractivity contribution in [1.82, 2.24) is 4.90 Å². The van der Waals surface area contributed by atoms with E-state index in [9.17, 15) is 13.2 Å². The first kappa shape index (κ1) is 15.2. The molecule has 2 rings (SSSR count). The van der Waals surface area contributed by atoms with Gasteiger partial charge in [0.05, 0.1) is 17.2 Å². The Morgan fingerprint density at radius 2 is 2.15 bits per heavy atom. The molecule has 0 radical (unpaired) electrons. The molecule has 1 aromatic carbocycles. The van der Waals surface area contributed by atoms with Crippen molar-refractivity contribution in [2.75, 3.05) is 23.4 Å². The molecule has 1 aliphatic heterocycles. The van der Waals surface area contributed by atoms with E-state index in [1.807, 2.05) is 19.1 Å². The zero-order valence-electron chi connectivity index (χ0n) is 11.2. The van der Waals surface area contributed by atoms with Crippen LogP contribution in [0, 0.1) is 0 Å². The molecule has 110 valence electrons. The SMILES string of the molecule is CCN(C(=O)Nc1ccccc1S)C1CCS(=O)(=O)C1. The fourth-order valence-electron chi connectivity index (χ4n) is 2.36. The molecule has 1 aromatic rings. The second kappa shape index (κ2) is 6.05. The Morgan fingerprint density at radius 3 is 2.70 bits per heavy atom. The van der Waals surface area contributed by atoms with E-state index < -0.39 is 9.84 Å². The highest BCUT2D eigenvalue weighted by molar-refractivity contribution is 7.91. The van der Waals surface area contributed by atoms with Crippen molar-refractivity contribution in [3.63, 3.8) is 0 Å². The number of hydrogen-bond donors (Lipinski definition) is 2. The van der Waals surface area contributed by atoms with Gasteiger partial charge in [-0.2, -0.15) is 0 Å². The Labute approximate surface area is 124 Å². The lowest BCUT2D eigenvalue weighted by molar-refractivity contribution is 0.197. The van der Waals surface area contributed by atoms with E-state index in [2.05, 4.69) is 17.9 Å². The molecular formula is C13H18N2O3S2. The molecule has 0 bridgehead atoms. The number of carbonyl (C=O) groups is 1.